The highest BCUT2D eigenvalue weighted by Crippen LogP contribution is 2.12. The zero-order valence-electron chi connectivity index (χ0n) is 13.7. The monoisotopic (exact) mass is 321 g/mol. The van der Waals surface area contributed by atoms with Gasteiger partial charge < -0.3 is 15.1 Å². The second kappa shape index (κ2) is 9.56. The van der Waals surface area contributed by atoms with E-state index in [1.807, 2.05) is 30.1 Å². The molecule has 1 aromatic heterocycles. The molecule has 0 bridgehead atoms. The Hall–Kier alpha value is -1.43. The van der Waals surface area contributed by atoms with E-state index in [-0.39, 0.29) is 0 Å². The van der Waals surface area contributed by atoms with Crippen LogP contribution in [0.4, 0.5) is 5.82 Å². The first-order valence-corrected chi connectivity index (χ1v) is 9.42. The van der Waals surface area contributed by atoms with Crippen LogP contribution >= 0.6 is 11.8 Å². The summed E-state index contributed by atoms with van der Waals surface area (Å²) in [6, 6.07) is 6.09. The fraction of sp³-hybridized carbons (Fsp3) is 0.625. The van der Waals surface area contributed by atoms with E-state index in [1.165, 1.54) is 5.75 Å². The lowest BCUT2D eigenvalue weighted by atomic mass is 10.3. The molecule has 1 saturated heterocycles. The molecule has 0 amide bonds. The second-order valence-corrected chi connectivity index (χ2v) is 6.23. The smallest absolute Gasteiger partial charge is 0.194 e. The van der Waals surface area contributed by atoms with E-state index < -0.39 is 0 Å². The summed E-state index contributed by atoms with van der Waals surface area (Å²) in [6.45, 7) is 7.92. The van der Waals surface area contributed by atoms with Gasteiger partial charge in [-0.1, -0.05) is 6.07 Å². The summed E-state index contributed by atoms with van der Waals surface area (Å²) in [7, 11) is 0. The first-order valence-electron chi connectivity index (χ1n) is 8.03. The molecule has 22 heavy (non-hydrogen) atoms. The Kier molecular flexibility index (Phi) is 7.36. The number of nitrogens with zero attached hydrogens (tertiary/aromatic N) is 4. The molecule has 122 valence electrons. The predicted molar refractivity (Wildman–Crippen MR) is 97.0 cm³/mol. The van der Waals surface area contributed by atoms with Crippen molar-refractivity contribution in [1.82, 2.24) is 15.2 Å². The van der Waals surface area contributed by atoms with E-state index in [9.17, 15) is 0 Å². The first-order chi connectivity index (χ1) is 10.8. The van der Waals surface area contributed by atoms with Crippen molar-refractivity contribution < 1.29 is 0 Å². The highest BCUT2D eigenvalue weighted by atomic mass is 32.2. The summed E-state index contributed by atoms with van der Waals surface area (Å²) in [4.78, 5) is 13.9. The zero-order chi connectivity index (χ0) is 15.6. The van der Waals surface area contributed by atoms with E-state index in [1.54, 1.807) is 0 Å². The summed E-state index contributed by atoms with van der Waals surface area (Å²) >= 11 is 1.88. The van der Waals surface area contributed by atoms with Crippen molar-refractivity contribution in [3.63, 3.8) is 0 Å². The van der Waals surface area contributed by atoms with Crippen LogP contribution in [0.25, 0.3) is 0 Å². The third-order valence-corrected chi connectivity index (χ3v) is 4.35. The van der Waals surface area contributed by atoms with Crippen molar-refractivity contribution in [2.45, 2.75) is 13.3 Å². The normalized spacial score (nSPS) is 16.0. The van der Waals surface area contributed by atoms with E-state index >= 15 is 0 Å². The Labute approximate surface area is 138 Å². The summed E-state index contributed by atoms with van der Waals surface area (Å²) in [6.07, 6.45) is 5.15. The zero-order valence-corrected chi connectivity index (χ0v) is 14.5. The van der Waals surface area contributed by atoms with E-state index in [4.69, 9.17) is 4.99 Å². The number of nitrogens with one attached hydrogen (secondary N) is 1. The minimum Gasteiger partial charge on any atom is -0.357 e. The standard InChI is InChI=1S/C16H27N5S/c1-3-17-16(19-9-6-14-22-2)21-12-10-20(11-13-21)15-7-4-5-8-18-15/h4-5,7-8H,3,6,9-14H2,1-2H3,(H,17,19). The maximum absolute atomic E-state index is 4.76. The van der Waals surface area contributed by atoms with Gasteiger partial charge in [-0.3, -0.25) is 4.99 Å². The molecule has 0 saturated carbocycles. The van der Waals surface area contributed by atoms with Crippen LogP contribution in [0.15, 0.2) is 29.4 Å². The average molecular weight is 321 g/mol. The van der Waals surface area contributed by atoms with Gasteiger partial charge in [0.05, 0.1) is 0 Å². The third-order valence-electron chi connectivity index (χ3n) is 3.66. The van der Waals surface area contributed by atoms with Crippen LogP contribution in [0.2, 0.25) is 0 Å². The molecule has 0 aliphatic carbocycles. The minimum absolute atomic E-state index is 0.906. The summed E-state index contributed by atoms with van der Waals surface area (Å²) in [5.41, 5.74) is 0. The van der Waals surface area contributed by atoms with Crippen molar-refractivity contribution in [3.05, 3.63) is 24.4 Å². The van der Waals surface area contributed by atoms with Crippen molar-refractivity contribution in [1.29, 1.82) is 0 Å². The number of aliphatic imine (C=N–C) groups is 1. The highest BCUT2D eigenvalue weighted by Gasteiger charge is 2.20. The number of hydrogen-bond donors (Lipinski definition) is 1. The third kappa shape index (κ3) is 5.09. The quantitative estimate of drug-likeness (QED) is 0.493. The van der Waals surface area contributed by atoms with Gasteiger partial charge in [0.2, 0.25) is 0 Å². The molecule has 0 aromatic carbocycles. The molecular formula is C16H27N5S. The largest absolute Gasteiger partial charge is 0.357 e. The molecule has 0 unspecified atom stereocenters. The van der Waals surface area contributed by atoms with Crippen molar-refractivity contribution in [3.8, 4) is 0 Å². The van der Waals surface area contributed by atoms with Gasteiger partial charge in [0.15, 0.2) is 5.96 Å². The number of pyridine rings is 1. The molecule has 1 aromatic rings. The molecule has 1 fully saturated rings. The molecule has 2 rings (SSSR count). The molecule has 1 aliphatic rings. The highest BCUT2D eigenvalue weighted by molar-refractivity contribution is 7.98. The van der Waals surface area contributed by atoms with Gasteiger partial charge in [0, 0.05) is 45.5 Å². The molecule has 5 nitrogen and oxygen atoms in total. The predicted octanol–water partition coefficient (Wildman–Crippen LogP) is 1.92. The van der Waals surface area contributed by atoms with Gasteiger partial charge in [0.25, 0.3) is 0 Å². The Morgan fingerprint density at radius 1 is 1.32 bits per heavy atom. The first kappa shape index (κ1) is 16.9. The van der Waals surface area contributed by atoms with E-state index in [0.717, 1.165) is 57.5 Å². The Balaban J connectivity index is 1.87. The van der Waals surface area contributed by atoms with Crippen LogP contribution < -0.4 is 10.2 Å². The van der Waals surface area contributed by atoms with E-state index in [2.05, 4.69) is 39.3 Å². The lowest BCUT2D eigenvalue weighted by Crippen LogP contribution is -2.52. The molecule has 1 aliphatic heterocycles. The number of guanidine groups is 1. The second-order valence-electron chi connectivity index (χ2n) is 5.24. The van der Waals surface area contributed by atoms with Crippen molar-refractivity contribution >= 4 is 23.5 Å². The number of anilines is 1. The molecule has 2 heterocycles. The number of piperazine rings is 1. The van der Waals surface area contributed by atoms with Crippen LogP contribution in [-0.2, 0) is 0 Å². The van der Waals surface area contributed by atoms with Gasteiger partial charge in [-0.05, 0) is 37.5 Å². The molecule has 0 spiro atoms. The van der Waals surface area contributed by atoms with Crippen LogP contribution in [-0.4, -0.2) is 67.1 Å². The molecule has 0 radical (unpaired) electrons. The van der Waals surface area contributed by atoms with Crippen molar-refractivity contribution in [2.75, 3.05) is 56.2 Å². The topological polar surface area (TPSA) is 43.8 Å². The van der Waals surface area contributed by atoms with Gasteiger partial charge in [-0.25, -0.2) is 4.98 Å². The summed E-state index contributed by atoms with van der Waals surface area (Å²) in [5, 5.41) is 3.42. The molecule has 0 atom stereocenters. The molecular weight excluding hydrogens is 294 g/mol. The molecule has 1 N–H and O–H groups in total. The average Bonchev–Trinajstić information content (AvgIpc) is 2.59. The number of thioether (sulfide) groups is 1. The van der Waals surface area contributed by atoms with Crippen LogP contribution in [0.5, 0.6) is 0 Å². The molecule has 6 heteroatoms. The maximum Gasteiger partial charge on any atom is 0.194 e. The SMILES string of the molecule is CCNC(=NCCCSC)N1CCN(c2ccccn2)CC1. The fourth-order valence-corrected chi connectivity index (χ4v) is 2.93. The number of rotatable bonds is 6. The van der Waals surface area contributed by atoms with Gasteiger partial charge in [-0.2, -0.15) is 11.8 Å². The fourth-order valence-electron chi connectivity index (χ4n) is 2.51. The minimum atomic E-state index is 0.906. The van der Waals surface area contributed by atoms with E-state index in [0.29, 0.717) is 0 Å². The van der Waals surface area contributed by atoms with Gasteiger partial charge >= 0.3 is 0 Å². The van der Waals surface area contributed by atoms with Gasteiger partial charge in [-0.15, -0.1) is 0 Å². The van der Waals surface area contributed by atoms with Crippen LogP contribution in [0.1, 0.15) is 13.3 Å². The Morgan fingerprint density at radius 3 is 2.77 bits per heavy atom. The lowest BCUT2D eigenvalue weighted by Gasteiger charge is -2.37. The lowest BCUT2D eigenvalue weighted by molar-refractivity contribution is 0.371. The Bertz CT molecular complexity index is 443. The van der Waals surface area contributed by atoms with Gasteiger partial charge in [0.1, 0.15) is 5.82 Å². The summed E-state index contributed by atoms with van der Waals surface area (Å²) in [5.74, 6) is 3.31. The van der Waals surface area contributed by atoms with Crippen LogP contribution in [0, 0.1) is 0 Å². The Morgan fingerprint density at radius 2 is 2.14 bits per heavy atom. The number of hydrogen-bond acceptors (Lipinski definition) is 4. The van der Waals surface area contributed by atoms with Crippen LogP contribution in [0.3, 0.4) is 0 Å². The summed E-state index contributed by atoms with van der Waals surface area (Å²) < 4.78 is 0. The number of aromatic nitrogens is 1. The van der Waals surface area contributed by atoms with Crippen molar-refractivity contribution in [2.24, 2.45) is 4.99 Å². The maximum atomic E-state index is 4.76.